The number of carbonyl (C=O) groups excluding carboxylic acids is 2. The van der Waals surface area contributed by atoms with Gasteiger partial charge in [0, 0.05) is 23.3 Å². The Balaban J connectivity index is 1.87. The van der Waals surface area contributed by atoms with E-state index in [2.05, 4.69) is 10.3 Å². The first-order valence-corrected chi connectivity index (χ1v) is 6.66. The minimum Gasteiger partial charge on any atom is -0.356 e. The summed E-state index contributed by atoms with van der Waals surface area (Å²) in [5, 5.41) is 3.48. The Hall–Kier alpha value is -2.07. The van der Waals surface area contributed by atoms with Gasteiger partial charge in [-0.15, -0.1) is 0 Å². The maximum absolute atomic E-state index is 11.9. The molecule has 0 unspecified atom stereocenters. The minimum absolute atomic E-state index is 0.0702. The fourth-order valence-electron chi connectivity index (χ4n) is 1.84. The van der Waals surface area contributed by atoms with E-state index in [1.165, 1.54) is 13.1 Å². The van der Waals surface area contributed by atoms with Gasteiger partial charge in [0.2, 0.25) is 0 Å². The maximum atomic E-state index is 11.9. The second-order valence-corrected chi connectivity index (χ2v) is 4.93. The monoisotopic (exact) mass is 290 g/mol. The van der Waals surface area contributed by atoms with E-state index in [0.29, 0.717) is 29.2 Å². The van der Waals surface area contributed by atoms with Crippen molar-refractivity contribution in [3.8, 4) is 0 Å². The van der Waals surface area contributed by atoms with Crippen LogP contribution in [0.4, 0.5) is 0 Å². The van der Waals surface area contributed by atoms with Crippen LogP contribution in [0, 0.1) is 0 Å². The van der Waals surface area contributed by atoms with Gasteiger partial charge in [-0.2, -0.15) is 0 Å². The van der Waals surface area contributed by atoms with Crippen molar-refractivity contribution in [1.29, 1.82) is 0 Å². The van der Waals surface area contributed by atoms with E-state index in [-0.39, 0.29) is 11.7 Å². The Morgan fingerprint density at radius 3 is 2.75 bits per heavy atom. The van der Waals surface area contributed by atoms with Crippen molar-refractivity contribution < 1.29 is 9.59 Å². The highest BCUT2D eigenvalue weighted by atomic mass is 35.5. The molecular weight excluding hydrogens is 276 g/mol. The summed E-state index contributed by atoms with van der Waals surface area (Å²) in [4.78, 5) is 25.8. The zero-order chi connectivity index (χ0) is 14.5. The highest BCUT2D eigenvalue weighted by Gasteiger charge is 2.09. The quantitative estimate of drug-likeness (QED) is 0.832. The van der Waals surface area contributed by atoms with Crippen LogP contribution in [0.3, 0.4) is 0 Å². The molecule has 2 aromatic rings. The van der Waals surface area contributed by atoms with Crippen LogP contribution in [0.15, 0.2) is 36.5 Å². The predicted molar refractivity (Wildman–Crippen MR) is 78.3 cm³/mol. The SMILES string of the molecule is CC(=O)c1c[nH]c(C(=O)NCCc2cccc(Cl)c2)c1. The number of amides is 1. The minimum atomic E-state index is -0.223. The molecule has 0 saturated heterocycles. The van der Waals surface area contributed by atoms with Gasteiger partial charge in [0.25, 0.3) is 5.91 Å². The second-order valence-electron chi connectivity index (χ2n) is 4.49. The molecule has 1 aromatic carbocycles. The summed E-state index contributed by atoms with van der Waals surface area (Å²) in [5.74, 6) is -0.293. The third-order valence-corrected chi connectivity index (χ3v) is 3.16. The van der Waals surface area contributed by atoms with E-state index in [4.69, 9.17) is 11.6 Å². The first-order valence-electron chi connectivity index (χ1n) is 6.28. The lowest BCUT2D eigenvalue weighted by molar-refractivity contribution is 0.0949. The van der Waals surface area contributed by atoms with Crippen LogP contribution in [-0.2, 0) is 6.42 Å². The fraction of sp³-hybridized carbons (Fsp3) is 0.200. The highest BCUT2D eigenvalue weighted by molar-refractivity contribution is 6.30. The third-order valence-electron chi connectivity index (χ3n) is 2.92. The molecule has 0 aliphatic carbocycles. The van der Waals surface area contributed by atoms with E-state index in [1.54, 1.807) is 6.07 Å². The lowest BCUT2D eigenvalue weighted by Crippen LogP contribution is -2.25. The molecule has 5 heteroatoms. The molecule has 2 rings (SSSR count). The number of aromatic amines is 1. The Morgan fingerprint density at radius 1 is 1.30 bits per heavy atom. The number of rotatable bonds is 5. The van der Waals surface area contributed by atoms with E-state index in [1.807, 2.05) is 24.3 Å². The molecule has 0 bridgehead atoms. The van der Waals surface area contributed by atoms with Crippen LogP contribution in [0.5, 0.6) is 0 Å². The number of aromatic nitrogens is 1. The summed E-state index contributed by atoms with van der Waals surface area (Å²) >= 11 is 5.89. The van der Waals surface area contributed by atoms with Gasteiger partial charge in [-0.05, 0) is 37.1 Å². The van der Waals surface area contributed by atoms with Gasteiger partial charge in [-0.3, -0.25) is 9.59 Å². The number of hydrogen-bond acceptors (Lipinski definition) is 2. The Kier molecular flexibility index (Phi) is 4.58. The Morgan fingerprint density at radius 2 is 2.10 bits per heavy atom. The third kappa shape index (κ3) is 3.71. The Bertz CT molecular complexity index is 634. The maximum Gasteiger partial charge on any atom is 0.267 e. The molecule has 1 amide bonds. The molecule has 0 saturated carbocycles. The lowest BCUT2D eigenvalue weighted by Gasteiger charge is -2.04. The number of Topliss-reactive ketones (excluding diaryl/α,β-unsaturated/α-hetero) is 1. The molecule has 0 aliphatic heterocycles. The Labute approximate surface area is 122 Å². The highest BCUT2D eigenvalue weighted by Crippen LogP contribution is 2.10. The number of carbonyl (C=O) groups is 2. The number of hydrogen-bond donors (Lipinski definition) is 2. The van der Waals surface area contributed by atoms with Gasteiger partial charge in [-0.25, -0.2) is 0 Å². The molecule has 20 heavy (non-hydrogen) atoms. The van der Waals surface area contributed by atoms with E-state index in [9.17, 15) is 9.59 Å². The fourth-order valence-corrected chi connectivity index (χ4v) is 2.05. The second kappa shape index (κ2) is 6.39. The largest absolute Gasteiger partial charge is 0.356 e. The topological polar surface area (TPSA) is 62.0 Å². The molecule has 0 aliphatic rings. The zero-order valence-corrected chi connectivity index (χ0v) is 11.8. The molecule has 104 valence electrons. The van der Waals surface area contributed by atoms with Crippen LogP contribution in [-0.4, -0.2) is 23.2 Å². The summed E-state index contributed by atoms with van der Waals surface area (Å²) in [5.41, 5.74) is 1.96. The van der Waals surface area contributed by atoms with Crippen molar-refractivity contribution >= 4 is 23.3 Å². The molecule has 0 atom stereocenters. The number of ketones is 1. The van der Waals surface area contributed by atoms with E-state index >= 15 is 0 Å². The van der Waals surface area contributed by atoms with Crippen LogP contribution in [0.2, 0.25) is 5.02 Å². The molecular formula is C15H15ClN2O2. The van der Waals surface area contributed by atoms with Crippen molar-refractivity contribution in [1.82, 2.24) is 10.3 Å². The summed E-state index contributed by atoms with van der Waals surface area (Å²) in [6.07, 6.45) is 2.24. The van der Waals surface area contributed by atoms with Crippen LogP contribution >= 0.6 is 11.6 Å². The average molecular weight is 291 g/mol. The molecule has 4 nitrogen and oxygen atoms in total. The van der Waals surface area contributed by atoms with Crippen molar-refractivity contribution in [2.24, 2.45) is 0 Å². The van der Waals surface area contributed by atoms with Gasteiger partial charge in [0.05, 0.1) is 0 Å². The van der Waals surface area contributed by atoms with Crippen molar-refractivity contribution in [3.05, 3.63) is 58.4 Å². The molecule has 0 spiro atoms. The number of nitrogens with one attached hydrogen (secondary N) is 2. The molecule has 1 heterocycles. The van der Waals surface area contributed by atoms with Crippen LogP contribution < -0.4 is 5.32 Å². The summed E-state index contributed by atoms with van der Waals surface area (Å²) in [7, 11) is 0. The van der Waals surface area contributed by atoms with Crippen molar-refractivity contribution in [2.45, 2.75) is 13.3 Å². The van der Waals surface area contributed by atoms with Gasteiger partial charge in [0.1, 0.15) is 5.69 Å². The predicted octanol–water partition coefficient (Wildman–Crippen LogP) is 2.84. The number of H-pyrrole nitrogens is 1. The smallest absolute Gasteiger partial charge is 0.267 e. The standard InChI is InChI=1S/C15H15ClN2O2/c1-10(19)12-8-14(18-9-12)15(20)17-6-5-11-3-2-4-13(16)7-11/h2-4,7-9,18H,5-6H2,1H3,(H,17,20). The lowest BCUT2D eigenvalue weighted by atomic mass is 10.1. The van der Waals surface area contributed by atoms with E-state index in [0.717, 1.165) is 5.56 Å². The first-order chi connectivity index (χ1) is 9.56. The summed E-state index contributed by atoms with van der Waals surface area (Å²) < 4.78 is 0. The van der Waals surface area contributed by atoms with Gasteiger partial charge in [-0.1, -0.05) is 23.7 Å². The molecule has 0 fully saturated rings. The summed E-state index contributed by atoms with van der Waals surface area (Å²) in [6.45, 7) is 1.97. The van der Waals surface area contributed by atoms with Crippen LogP contribution in [0.1, 0.15) is 33.3 Å². The van der Waals surface area contributed by atoms with Gasteiger partial charge < -0.3 is 10.3 Å². The number of benzene rings is 1. The molecule has 0 radical (unpaired) electrons. The molecule has 2 N–H and O–H groups in total. The first kappa shape index (κ1) is 14.3. The van der Waals surface area contributed by atoms with Crippen molar-refractivity contribution in [2.75, 3.05) is 6.54 Å². The van der Waals surface area contributed by atoms with Crippen molar-refractivity contribution in [3.63, 3.8) is 0 Å². The summed E-state index contributed by atoms with van der Waals surface area (Å²) in [6, 6.07) is 9.07. The van der Waals surface area contributed by atoms with Gasteiger partial charge in [0.15, 0.2) is 5.78 Å². The van der Waals surface area contributed by atoms with Gasteiger partial charge >= 0.3 is 0 Å². The average Bonchev–Trinajstić information content (AvgIpc) is 2.88. The molecule has 1 aromatic heterocycles. The number of halogens is 1. The zero-order valence-electron chi connectivity index (χ0n) is 11.1. The van der Waals surface area contributed by atoms with Crippen LogP contribution in [0.25, 0.3) is 0 Å². The normalized spacial score (nSPS) is 10.3. The van der Waals surface area contributed by atoms with E-state index < -0.39 is 0 Å².